The molecule has 0 amide bonds. The van der Waals surface area contributed by atoms with E-state index in [1.807, 2.05) is 24.3 Å². The third-order valence-corrected chi connectivity index (χ3v) is 3.51. The van der Waals surface area contributed by atoms with E-state index >= 15 is 0 Å². The Morgan fingerprint density at radius 2 is 1.71 bits per heavy atom. The molecule has 2 rings (SSSR count). The fraction of sp³-hybridized carbons (Fsp3) is 0.250. The minimum Gasteiger partial charge on any atom is -0.497 e. The van der Waals surface area contributed by atoms with Crippen LogP contribution in [0.25, 0.3) is 0 Å². The van der Waals surface area contributed by atoms with Gasteiger partial charge in [-0.2, -0.15) is 0 Å². The predicted octanol–water partition coefficient (Wildman–Crippen LogP) is 4.68. The summed E-state index contributed by atoms with van der Waals surface area (Å²) < 4.78 is 16.3. The lowest BCUT2D eigenvalue weighted by molar-refractivity contribution is 0.282. The molecule has 2 aromatic carbocycles. The summed E-state index contributed by atoms with van der Waals surface area (Å²) in [7, 11) is 3.21. The van der Waals surface area contributed by atoms with Gasteiger partial charge in [0.1, 0.15) is 12.4 Å². The van der Waals surface area contributed by atoms with Crippen LogP contribution in [0.3, 0.4) is 0 Å². The van der Waals surface area contributed by atoms with Crippen LogP contribution in [0.1, 0.15) is 11.1 Å². The Hall–Kier alpha value is -1.58. The molecule has 0 bridgehead atoms. The molecule has 5 heteroatoms. The molecule has 0 unspecified atom stereocenters. The molecule has 0 N–H and O–H groups in total. The number of rotatable bonds is 6. The summed E-state index contributed by atoms with van der Waals surface area (Å²) in [5.74, 6) is 2.30. The smallest absolute Gasteiger partial charge is 0.166 e. The lowest BCUT2D eigenvalue weighted by Gasteiger charge is -2.15. The largest absolute Gasteiger partial charge is 0.497 e. The molecule has 0 radical (unpaired) electrons. The third-order valence-electron chi connectivity index (χ3n) is 3.00. The van der Waals surface area contributed by atoms with Gasteiger partial charge in [-0.25, -0.2) is 0 Å². The van der Waals surface area contributed by atoms with Crippen molar-refractivity contribution < 1.29 is 14.2 Å². The molecule has 0 atom stereocenters. The average molecular weight is 327 g/mol. The van der Waals surface area contributed by atoms with Crippen LogP contribution < -0.4 is 14.2 Å². The number of methoxy groups -OCH3 is 2. The third kappa shape index (κ3) is 3.96. The van der Waals surface area contributed by atoms with Crippen LogP contribution in [-0.4, -0.2) is 14.2 Å². The maximum absolute atomic E-state index is 6.02. The summed E-state index contributed by atoms with van der Waals surface area (Å²) in [6, 6.07) is 11.2. The second-order valence-corrected chi connectivity index (χ2v) is 5.07. The Bertz CT molecular complexity index is 572. The first-order valence-corrected chi connectivity index (χ1v) is 7.27. The van der Waals surface area contributed by atoms with Crippen LogP contribution >= 0.6 is 23.2 Å². The van der Waals surface area contributed by atoms with E-state index < -0.39 is 0 Å². The second kappa shape index (κ2) is 7.43. The van der Waals surface area contributed by atoms with E-state index in [1.54, 1.807) is 26.4 Å². The molecule has 0 aliphatic carbocycles. The lowest BCUT2D eigenvalue weighted by atomic mass is 10.2. The highest BCUT2D eigenvalue weighted by Crippen LogP contribution is 2.36. The summed E-state index contributed by atoms with van der Waals surface area (Å²) in [5.41, 5.74) is 1.82. The quantitative estimate of drug-likeness (QED) is 0.721. The zero-order valence-electron chi connectivity index (χ0n) is 11.9. The number of hydrogen-bond acceptors (Lipinski definition) is 3. The van der Waals surface area contributed by atoms with E-state index in [-0.39, 0.29) is 0 Å². The maximum atomic E-state index is 6.02. The second-order valence-electron chi connectivity index (χ2n) is 4.37. The molecule has 0 aliphatic heterocycles. The van der Waals surface area contributed by atoms with Crippen molar-refractivity contribution in [3.8, 4) is 17.2 Å². The SMILES string of the molecule is COc1ccc(COc2c(CCl)cc(Cl)cc2OC)cc1. The van der Waals surface area contributed by atoms with E-state index in [4.69, 9.17) is 37.4 Å². The Kier molecular flexibility index (Phi) is 5.59. The highest BCUT2D eigenvalue weighted by atomic mass is 35.5. The minimum atomic E-state index is 0.300. The first-order valence-electron chi connectivity index (χ1n) is 6.36. The van der Waals surface area contributed by atoms with Gasteiger partial charge in [-0.15, -0.1) is 11.6 Å². The van der Waals surface area contributed by atoms with Gasteiger partial charge in [0.05, 0.1) is 20.1 Å². The van der Waals surface area contributed by atoms with Gasteiger partial charge >= 0.3 is 0 Å². The molecule has 0 saturated carbocycles. The van der Waals surface area contributed by atoms with Crippen LogP contribution in [0, 0.1) is 0 Å². The topological polar surface area (TPSA) is 27.7 Å². The molecular formula is C16H16Cl2O3. The van der Waals surface area contributed by atoms with Gasteiger partial charge in [-0.05, 0) is 23.8 Å². The van der Waals surface area contributed by atoms with E-state index in [9.17, 15) is 0 Å². The first kappa shape index (κ1) is 15.8. The molecule has 2 aromatic rings. The predicted molar refractivity (Wildman–Crippen MR) is 84.9 cm³/mol. The Labute approximate surface area is 134 Å². The fourth-order valence-corrected chi connectivity index (χ4v) is 2.34. The summed E-state index contributed by atoms with van der Waals surface area (Å²) in [5, 5.41) is 0.569. The van der Waals surface area contributed by atoms with Gasteiger partial charge in [0, 0.05) is 16.7 Å². The number of ether oxygens (including phenoxy) is 3. The molecule has 0 fully saturated rings. The molecule has 0 aromatic heterocycles. The van der Waals surface area contributed by atoms with Gasteiger partial charge in [0.15, 0.2) is 11.5 Å². The van der Waals surface area contributed by atoms with Gasteiger partial charge in [-0.1, -0.05) is 23.7 Å². The van der Waals surface area contributed by atoms with E-state index in [2.05, 4.69) is 0 Å². The summed E-state index contributed by atoms with van der Waals surface area (Å²) >= 11 is 12.0. The Morgan fingerprint density at radius 3 is 2.29 bits per heavy atom. The van der Waals surface area contributed by atoms with Crippen LogP contribution in [0.4, 0.5) is 0 Å². The van der Waals surface area contributed by atoms with Crippen molar-refractivity contribution in [1.29, 1.82) is 0 Å². The fourth-order valence-electron chi connectivity index (χ4n) is 1.91. The summed E-state index contributed by atoms with van der Waals surface area (Å²) in [6.45, 7) is 0.409. The molecule has 0 aliphatic rings. The molecule has 3 nitrogen and oxygen atoms in total. The monoisotopic (exact) mass is 326 g/mol. The van der Waals surface area contributed by atoms with Crippen LogP contribution in [0.5, 0.6) is 17.2 Å². The van der Waals surface area contributed by atoms with Crippen LogP contribution in [0.2, 0.25) is 5.02 Å². The van der Waals surface area contributed by atoms with Crippen molar-refractivity contribution in [2.75, 3.05) is 14.2 Å². The van der Waals surface area contributed by atoms with Gasteiger partial charge in [0.2, 0.25) is 0 Å². The van der Waals surface area contributed by atoms with Gasteiger partial charge in [-0.3, -0.25) is 0 Å². The normalized spacial score (nSPS) is 10.3. The zero-order chi connectivity index (χ0) is 15.2. The van der Waals surface area contributed by atoms with Crippen molar-refractivity contribution >= 4 is 23.2 Å². The standard InChI is InChI=1S/C16H16Cl2O3/c1-19-14-5-3-11(4-6-14)10-21-16-12(9-17)7-13(18)8-15(16)20-2/h3-8H,9-10H2,1-2H3. The van der Waals surface area contributed by atoms with Crippen molar-refractivity contribution in [1.82, 2.24) is 0 Å². The molecule has 21 heavy (non-hydrogen) atoms. The highest BCUT2D eigenvalue weighted by molar-refractivity contribution is 6.31. The average Bonchev–Trinajstić information content (AvgIpc) is 2.53. The summed E-state index contributed by atoms with van der Waals surface area (Å²) in [6.07, 6.45) is 0. The Balaban J connectivity index is 2.18. The summed E-state index contributed by atoms with van der Waals surface area (Å²) in [4.78, 5) is 0. The lowest BCUT2D eigenvalue weighted by Crippen LogP contribution is -2.00. The zero-order valence-corrected chi connectivity index (χ0v) is 13.4. The van der Waals surface area contributed by atoms with Crippen LogP contribution in [-0.2, 0) is 12.5 Å². The van der Waals surface area contributed by atoms with E-state index in [1.165, 1.54) is 0 Å². The molecular weight excluding hydrogens is 311 g/mol. The first-order chi connectivity index (χ1) is 10.2. The van der Waals surface area contributed by atoms with E-state index in [0.29, 0.717) is 29.0 Å². The minimum absolute atomic E-state index is 0.300. The number of benzene rings is 2. The van der Waals surface area contributed by atoms with Gasteiger partial charge < -0.3 is 14.2 Å². The molecule has 0 spiro atoms. The van der Waals surface area contributed by atoms with Gasteiger partial charge in [0.25, 0.3) is 0 Å². The number of hydrogen-bond donors (Lipinski definition) is 0. The maximum Gasteiger partial charge on any atom is 0.166 e. The molecule has 0 saturated heterocycles. The van der Waals surface area contributed by atoms with E-state index in [0.717, 1.165) is 16.9 Å². The van der Waals surface area contributed by atoms with Crippen LogP contribution in [0.15, 0.2) is 36.4 Å². The number of halogens is 2. The number of alkyl halides is 1. The highest BCUT2D eigenvalue weighted by Gasteiger charge is 2.12. The van der Waals surface area contributed by atoms with Crippen molar-refractivity contribution in [2.24, 2.45) is 0 Å². The van der Waals surface area contributed by atoms with Crippen molar-refractivity contribution in [3.05, 3.63) is 52.5 Å². The molecule has 112 valence electrons. The van der Waals surface area contributed by atoms with Crippen molar-refractivity contribution in [3.63, 3.8) is 0 Å². The Morgan fingerprint density at radius 1 is 1.00 bits per heavy atom. The molecule has 0 heterocycles. The van der Waals surface area contributed by atoms with Crippen molar-refractivity contribution in [2.45, 2.75) is 12.5 Å².